The van der Waals surface area contributed by atoms with Gasteiger partial charge in [-0.05, 0) is 44.7 Å². The Bertz CT molecular complexity index is 946. The number of carbonyl (C=O) groups is 3. The van der Waals surface area contributed by atoms with E-state index in [4.69, 9.17) is 29.0 Å². The van der Waals surface area contributed by atoms with Gasteiger partial charge in [0.05, 0.1) is 12.1 Å². The Morgan fingerprint density at radius 3 is 2.43 bits per heavy atom. The third-order valence-electron chi connectivity index (χ3n) is 5.23. The quantitative estimate of drug-likeness (QED) is 0.0687. The third-order valence-corrected chi connectivity index (χ3v) is 5.23. The second-order valence-electron chi connectivity index (χ2n) is 7.87. The average molecular weight is 515 g/mol. The van der Waals surface area contributed by atoms with Crippen LogP contribution >= 0.6 is 0 Å². The Kier molecular flexibility index (Phi) is 12.9. The lowest BCUT2D eigenvalue weighted by molar-refractivity contribution is -0.140. The van der Waals surface area contributed by atoms with Crippen molar-refractivity contribution in [3.63, 3.8) is 0 Å². The normalized spacial score (nSPS) is 16.9. The van der Waals surface area contributed by atoms with E-state index in [1.165, 1.54) is 0 Å². The molecule has 1 aliphatic heterocycles. The van der Waals surface area contributed by atoms with Crippen molar-refractivity contribution in [1.29, 1.82) is 0 Å². The molecular weight excluding hydrogens is 480 g/mol. The molecule has 1 fully saturated rings. The molecular formula is C21H34N6O7S. The van der Waals surface area contributed by atoms with Gasteiger partial charge in [-0.2, -0.15) is 8.42 Å². The summed E-state index contributed by atoms with van der Waals surface area (Å²) < 4.78 is 31.6. The first-order chi connectivity index (χ1) is 16.5. The van der Waals surface area contributed by atoms with Crippen molar-refractivity contribution in [3.05, 3.63) is 35.9 Å². The van der Waals surface area contributed by atoms with Gasteiger partial charge in [0.1, 0.15) is 12.3 Å². The summed E-state index contributed by atoms with van der Waals surface area (Å²) in [5, 5.41) is 5.83. The lowest BCUT2D eigenvalue weighted by Crippen LogP contribution is -2.54. The van der Waals surface area contributed by atoms with Crippen molar-refractivity contribution >= 4 is 34.5 Å². The van der Waals surface area contributed by atoms with Crippen molar-refractivity contribution in [3.8, 4) is 0 Å². The van der Waals surface area contributed by atoms with Crippen molar-refractivity contribution in [2.75, 3.05) is 20.1 Å². The molecule has 3 atom stereocenters. The van der Waals surface area contributed by atoms with Crippen molar-refractivity contribution in [2.24, 2.45) is 16.5 Å². The van der Waals surface area contributed by atoms with Crippen molar-refractivity contribution in [2.45, 2.75) is 50.2 Å². The molecule has 196 valence electrons. The number of rotatable bonds is 11. The van der Waals surface area contributed by atoms with Crippen LogP contribution in [0.2, 0.25) is 0 Å². The summed E-state index contributed by atoms with van der Waals surface area (Å²) in [4.78, 5) is 42.8. The first kappa shape index (κ1) is 30.0. The number of hydrogen-bond acceptors (Lipinski definition) is 7. The van der Waals surface area contributed by atoms with Crippen LogP contribution in [0.1, 0.15) is 31.2 Å². The summed E-state index contributed by atoms with van der Waals surface area (Å²) in [5.74, 6) is -0.403. The number of amides is 2. The Labute approximate surface area is 204 Å². The predicted molar refractivity (Wildman–Crippen MR) is 130 cm³/mol. The highest BCUT2D eigenvalue weighted by atomic mass is 32.3. The van der Waals surface area contributed by atoms with E-state index in [1.807, 2.05) is 30.3 Å². The second kappa shape index (κ2) is 15.0. The smallest absolute Gasteiger partial charge is 0.370 e. The van der Waals surface area contributed by atoms with Crippen LogP contribution in [0.5, 0.6) is 0 Å². The largest absolute Gasteiger partial charge is 0.394 e. The molecule has 2 rings (SSSR count). The maximum Gasteiger partial charge on any atom is 0.394 e. The Hall–Kier alpha value is -3.07. The molecule has 1 aliphatic rings. The van der Waals surface area contributed by atoms with Gasteiger partial charge in [0.15, 0.2) is 5.96 Å². The number of nitrogens with one attached hydrogen (secondary N) is 2. The topological polar surface area (TPSA) is 218 Å². The van der Waals surface area contributed by atoms with Crippen LogP contribution < -0.4 is 22.1 Å². The van der Waals surface area contributed by atoms with E-state index in [-0.39, 0.29) is 17.8 Å². The van der Waals surface area contributed by atoms with E-state index < -0.39 is 28.5 Å². The summed E-state index contributed by atoms with van der Waals surface area (Å²) in [6, 6.07) is 8.14. The molecule has 0 radical (unpaired) electrons. The lowest BCUT2D eigenvalue weighted by atomic mass is 10.0. The average Bonchev–Trinajstić information content (AvgIpc) is 3.28. The number of hydrogen-bond donors (Lipinski definition) is 6. The number of carbonyl (C=O) groups excluding carboxylic acids is 3. The SMILES string of the molecule is CN[C@H](Cc1ccccc1)C(=O)N1CCC[C@H]1C(=O)NC(C=O)CCCN=C(N)N.O=S(=O)(O)O. The molecule has 0 bridgehead atoms. The van der Waals surface area contributed by atoms with E-state index in [9.17, 15) is 14.4 Å². The Balaban J connectivity index is 0.00000111. The van der Waals surface area contributed by atoms with Crippen LogP contribution in [0.4, 0.5) is 0 Å². The summed E-state index contributed by atoms with van der Waals surface area (Å²) in [6.07, 6.45) is 3.58. The Morgan fingerprint density at radius 2 is 1.89 bits per heavy atom. The lowest BCUT2D eigenvalue weighted by Gasteiger charge is -2.29. The minimum Gasteiger partial charge on any atom is -0.370 e. The maximum atomic E-state index is 13.1. The molecule has 14 heteroatoms. The number of nitrogens with two attached hydrogens (primary N) is 2. The minimum absolute atomic E-state index is 0.00334. The van der Waals surface area contributed by atoms with E-state index in [0.717, 1.165) is 12.0 Å². The predicted octanol–water partition coefficient (Wildman–Crippen LogP) is -1.11. The zero-order chi connectivity index (χ0) is 26.4. The summed E-state index contributed by atoms with van der Waals surface area (Å²) >= 11 is 0. The van der Waals surface area contributed by atoms with Crippen LogP contribution in [0, 0.1) is 0 Å². The molecule has 8 N–H and O–H groups in total. The molecule has 0 aromatic heterocycles. The second-order valence-corrected chi connectivity index (χ2v) is 8.76. The van der Waals surface area contributed by atoms with Gasteiger partial charge < -0.3 is 31.8 Å². The van der Waals surface area contributed by atoms with Gasteiger partial charge in [-0.15, -0.1) is 0 Å². The van der Waals surface area contributed by atoms with E-state index >= 15 is 0 Å². The van der Waals surface area contributed by atoms with Gasteiger partial charge in [0, 0.05) is 13.1 Å². The molecule has 0 spiro atoms. The first-order valence-electron chi connectivity index (χ1n) is 11.0. The van der Waals surface area contributed by atoms with Gasteiger partial charge in [0.25, 0.3) is 0 Å². The van der Waals surface area contributed by atoms with E-state index in [0.29, 0.717) is 45.1 Å². The number of nitrogens with zero attached hydrogens (tertiary/aromatic N) is 2. The molecule has 0 saturated carbocycles. The Morgan fingerprint density at radius 1 is 1.26 bits per heavy atom. The molecule has 13 nitrogen and oxygen atoms in total. The number of benzene rings is 1. The summed E-state index contributed by atoms with van der Waals surface area (Å²) in [7, 11) is -2.92. The molecule has 1 unspecified atom stereocenters. The van der Waals surface area contributed by atoms with Crippen LogP contribution in [0.15, 0.2) is 35.3 Å². The highest BCUT2D eigenvalue weighted by molar-refractivity contribution is 7.79. The summed E-state index contributed by atoms with van der Waals surface area (Å²) in [5.41, 5.74) is 11.6. The molecule has 1 aromatic carbocycles. The zero-order valence-electron chi connectivity index (χ0n) is 19.5. The summed E-state index contributed by atoms with van der Waals surface area (Å²) in [6.45, 7) is 0.917. The maximum absolute atomic E-state index is 13.1. The highest BCUT2D eigenvalue weighted by Crippen LogP contribution is 2.20. The van der Waals surface area contributed by atoms with Gasteiger partial charge in [0.2, 0.25) is 11.8 Å². The van der Waals surface area contributed by atoms with Gasteiger partial charge in [-0.1, -0.05) is 30.3 Å². The van der Waals surface area contributed by atoms with Gasteiger partial charge >= 0.3 is 10.4 Å². The van der Waals surface area contributed by atoms with Crippen LogP contribution in [0.3, 0.4) is 0 Å². The molecule has 1 saturated heterocycles. The zero-order valence-corrected chi connectivity index (χ0v) is 20.4. The van der Waals surface area contributed by atoms with Crippen LogP contribution in [-0.4, -0.2) is 84.7 Å². The molecule has 1 aromatic rings. The number of likely N-dealkylation sites (N-methyl/N-ethyl adjacent to an activating group) is 1. The van der Waals surface area contributed by atoms with Crippen molar-refractivity contribution < 1.29 is 31.9 Å². The number of likely N-dealkylation sites (tertiary alicyclic amines) is 1. The molecule has 0 aliphatic carbocycles. The van der Waals surface area contributed by atoms with Gasteiger partial charge in [-0.25, -0.2) is 0 Å². The highest BCUT2D eigenvalue weighted by Gasteiger charge is 2.37. The fourth-order valence-corrected chi connectivity index (χ4v) is 3.64. The number of aldehydes is 1. The minimum atomic E-state index is -4.67. The van der Waals surface area contributed by atoms with Crippen LogP contribution in [0.25, 0.3) is 0 Å². The number of aliphatic imine (C=N–C) groups is 1. The molecule has 1 heterocycles. The third kappa shape index (κ3) is 12.3. The van der Waals surface area contributed by atoms with E-state index in [1.54, 1.807) is 11.9 Å². The first-order valence-corrected chi connectivity index (χ1v) is 12.4. The van der Waals surface area contributed by atoms with Crippen LogP contribution in [-0.2, 0) is 31.2 Å². The monoisotopic (exact) mass is 514 g/mol. The number of guanidine groups is 1. The molecule has 2 amide bonds. The fourth-order valence-electron chi connectivity index (χ4n) is 3.64. The van der Waals surface area contributed by atoms with Gasteiger partial charge in [-0.3, -0.25) is 23.7 Å². The van der Waals surface area contributed by atoms with E-state index in [2.05, 4.69) is 15.6 Å². The molecule has 35 heavy (non-hydrogen) atoms. The van der Waals surface area contributed by atoms with Crippen molar-refractivity contribution in [1.82, 2.24) is 15.5 Å². The standard InChI is InChI=1S/C21H32N6O3.H2O4S/c1-24-17(13-15-7-3-2-4-8-15)20(30)27-12-6-10-18(27)19(29)26-16(14-28)9-5-11-25-21(22)23;1-5(2,3)4/h2-4,7-8,14,16-18,24H,5-6,9-13H2,1H3,(H,26,29)(H4,22,23,25);(H2,1,2,3,4)/t16?,17-,18+;/m1./s1. The fraction of sp³-hybridized carbons (Fsp3) is 0.524.